The molecule has 3 heterocycles. The Labute approximate surface area is 321 Å². The number of carboxylic acid groups (broad SMARTS) is 3. The van der Waals surface area contributed by atoms with E-state index in [-0.39, 0.29) is 71.8 Å². The lowest BCUT2D eigenvalue weighted by Gasteiger charge is -2.50. The van der Waals surface area contributed by atoms with Gasteiger partial charge in [0, 0.05) is 42.5 Å². The number of ketones is 1. The molecule has 2 amide bonds. The normalized spacial score (nSPS) is 19.2. The van der Waals surface area contributed by atoms with Crippen molar-refractivity contribution in [3.63, 3.8) is 0 Å². The number of aliphatic carboxylic acids is 3. The molecular formula is C30H36N3O13P2S4-3. The number of nitrogens with zero attached hydrogens (tertiary/aromatic N) is 2. The first-order valence-corrected chi connectivity index (χ1v) is 21.6. The van der Waals surface area contributed by atoms with Crippen LogP contribution in [0, 0.1) is 5.92 Å². The van der Waals surface area contributed by atoms with Crippen LogP contribution in [0.1, 0.15) is 52.9 Å². The van der Waals surface area contributed by atoms with Crippen LogP contribution in [0.4, 0.5) is 0 Å². The largest absolute Gasteiger partial charge is 0.548 e. The van der Waals surface area contributed by atoms with Gasteiger partial charge >= 0.3 is 12.1 Å². The van der Waals surface area contributed by atoms with Crippen molar-refractivity contribution in [1.29, 1.82) is 0 Å². The summed E-state index contributed by atoms with van der Waals surface area (Å²) in [7, 11) is 1.74. The molecule has 1 fully saturated rings. The Morgan fingerprint density at radius 2 is 1.65 bits per heavy atom. The standard InChI is InChI=1S/C16H20NO6PS2.C11H14N2O5S.C2H5PS.CO2/c1-2-3-10(18)6-11-14(20)17-13(16(21)22)9(8-26-15(11)17)7-23-12(19)4-5-24-25;1-3-6(14)12-8(11(17)18)9-13-7(10(15)16)5(2)4-19-9;1-2-3-4;2-1-3/h11,15H,2-8H2,1H3,(H,21,22);8-9H,2-4H2,1H3,(H,12,14)(H,15,16)(H,17,18);2H2,1H3;/p-3. The summed E-state index contributed by atoms with van der Waals surface area (Å²) in [6.07, 6.45) is 3.38. The van der Waals surface area contributed by atoms with Gasteiger partial charge in [0.05, 0.1) is 47.0 Å². The highest BCUT2D eigenvalue weighted by atomic mass is 32.4. The molecule has 52 heavy (non-hydrogen) atoms. The maximum atomic E-state index is 12.4. The van der Waals surface area contributed by atoms with Crippen molar-refractivity contribution >= 4 is 115 Å². The van der Waals surface area contributed by atoms with Crippen molar-refractivity contribution in [3.05, 3.63) is 23.4 Å². The molecule has 1 N–H and O–H groups in total. The third kappa shape index (κ3) is 16.2. The van der Waals surface area contributed by atoms with E-state index in [1.165, 1.54) is 16.7 Å². The minimum Gasteiger partial charge on any atom is -0.548 e. The monoisotopic (exact) mass is 836 g/mol. The van der Waals surface area contributed by atoms with Crippen molar-refractivity contribution in [2.75, 3.05) is 30.4 Å². The number of β-lactam (4-membered cyclic amide) rings is 1. The molecule has 16 nitrogen and oxygen atoms in total. The molecule has 22 heteroatoms. The predicted molar refractivity (Wildman–Crippen MR) is 193 cm³/mol. The lowest BCUT2D eigenvalue weighted by atomic mass is 9.89. The molecule has 3 aliphatic heterocycles. The zero-order valence-corrected chi connectivity index (χ0v) is 33.4. The van der Waals surface area contributed by atoms with Crippen LogP contribution in [-0.2, 0) is 71.5 Å². The van der Waals surface area contributed by atoms with Gasteiger partial charge < -0.3 is 39.8 Å². The van der Waals surface area contributed by atoms with Gasteiger partial charge in [0.2, 0.25) is 11.8 Å². The van der Waals surface area contributed by atoms with Crippen molar-refractivity contribution in [3.8, 4) is 0 Å². The summed E-state index contributed by atoms with van der Waals surface area (Å²) < 4.78 is 5.09. The highest BCUT2D eigenvalue weighted by Gasteiger charge is 2.52. The fraction of sp³-hybridized carbons (Fsp3) is 0.567. The maximum absolute atomic E-state index is 12.4. The highest BCUT2D eigenvalue weighted by Crippen LogP contribution is 2.45. The van der Waals surface area contributed by atoms with E-state index in [9.17, 15) is 48.9 Å². The van der Waals surface area contributed by atoms with E-state index in [4.69, 9.17) is 26.1 Å². The Kier molecular flexibility index (Phi) is 24.9. The number of nitrogens with one attached hydrogen (secondary N) is 1. The third-order valence-electron chi connectivity index (χ3n) is 6.66. The Bertz CT molecular complexity index is 1490. The summed E-state index contributed by atoms with van der Waals surface area (Å²) in [5.74, 6) is -5.83. The first-order valence-electron chi connectivity index (χ1n) is 15.3. The molecule has 0 saturated carbocycles. The third-order valence-corrected chi connectivity index (χ3v) is 11.3. The molecular weight excluding hydrogens is 801 g/mol. The van der Waals surface area contributed by atoms with Gasteiger partial charge in [0.15, 0.2) is 0 Å². The number of thioether (sulfide) groups is 2. The number of aliphatic imine (C=N–C) groups is 1. The van der Waals surface area contributed by atoms with Gasteiger partial charge in [0.1, 0.15) is 23.8 Å². The van der Waals surface area contributed by atoms with E-state index in [1.54, 1.807) is 6.92 Å². The van der Waals surface area contributed by atoms with Gasteiger partial charge in [-0.2, -0.15) is 9.59 Å². The Morgan fingerprint density at radius 3 is 2.13 bits per heavy atom. The molecule has 0 radical (unpaired) electrons. The number of carbonyl (C=O) groups excluding carboxylic acids is 9. The SMILES string of the molecule is C=C1CSC(C(NC(=O)CC)C(=O)[O-])N=C1C(=O)[O-].CCCC(=O)CC1C(=O)N2C(C(=O)[O-])=C(COC(=O)CCP=S)CSC12.CCP=S.O=C=O. The highest BCUT2D eigenvalue weighted by molar-refractivity contribution is 8.00. The van der Waals surface area contributed by atoms with E-state index in [2.05, 4.69) is 35.6 Å². The second-order valence-corrected chi connectivity index (χ2v) is 15.7. The quantitative estimate of drug-likeness (QED) is 0.110. The number of ether oxygens (including phenoxy) is 1. The predicted octanol–water partition coefficient (Wildman–Crippen LogP) is -1.10. The topological polar surface area (TPSA) is 260 Å². The lowest BCUT2D eigenvalue weighted by molar-refractivity contribution is -0.308. The van der Waals surface area contributed by atoms with Gasteiger partial charge in [-0.05, 0) is 32.9 Å². The molecule has 0 aromatic rings. The van der Waals surface area contributed by atoms with Crippen LogP contribution in [-0.4, -0.2) is 105 Å². The zero-order valence-electron chi connectivity index (χ0n) is 28.3. The number of hydrogen-bond acceptors (Lipinski definition) is 18. The van der Waals surface area contributed by atoms with Gasteiger partial charge in [-0.15, -0.1) is 23.5 Å². The minimum absolute atomic E-state index is 0.00540. The van der Waals surface area contributed by atoms with Gasteiger partial charge in [-0.25, -0.2) is 0 Å². The molecule has 0 aromatic carbocycles. The van der Waals surface area contributed by atoms with E-state index >= 15 is 0 Å². The number of rotatable bonds is 16. The molecule has 3 aliphatic rings. The summed E-state index contributed by atoms with van der Waals surface area (Å²) in [5.41, 5.74) is -0.0183. The molecule has 0 aromatic heterocycles. The van der Waals surface area contributed by atoms with Gasteiger partial charge in [0.25, 0.3) is 0 Å². The van der Waals surface area contributed by atoms with E-state index in [1.807, 2.05) is 6.92 Å². The first kappa shape index (κ1) is 48.8. The fourth-order valence-electron chi connectivity index (χ4n) is 4.32. The molecule has 286 valence electrons. The summed E-state index contributed by atoms with van der Waals surface area (Å²) in [6.45, 7) is 8.83. The van der Waals surface area contributed by atoms with Crippen LogP contribution >= 0.6 is 38.2 Å². The van der Waals surface area contributed by atoms with E-state index < -0.39 is 47.1 Å². The fourth-order valence-corrected chi connectivity index (χ4v) is 7.32. The number of carbonyl (C=O) groups is 7. The number of carboxylic acids is 3. The van der Waals surface area contributed by atoms with Crippen LogP contribution < -0.4 is 20.6 Å². The van der Waals surface area contributed by atoms with Crippen LogP contribution in [0.25, 0.3) is 0 Å². The Hall–Kier alpha value is -3.24. The zero-order chi connectivity index (χ0) is 40.0. The minimum atomic E-state index is -1.52. The molecule has 0 bridgehead atoms. The van der Waals surface area contributed by atoms with E-state index in [0.29, 0.717) is 37.7 Å². The van der Waals surface area contributed by atoms with Crippen LogP contribution in [0.5, 0.6) is 0 Å². The summed E-state index contributed by atoms with van der Waals surface area (Å²) >= 11 is 11.7. The van der Waals surface area contributed by atoms with Gasteiger partial charge in [-0.1, -0.05) is 51.0 Å². The summed E-state index contributed by atoms with van der Waals surface area (Å²) in [5, 5.41) is 34.3. The van der Waals surface area contributed by atoms with Crippen molar-refractivity contribution in [2.45, 2.75) is 69.7 Å². The lowest BCUT2D eigenvalue weighted by Crippen LogP contribution is -2.63. The summed E-state index contributed by atoms with van der Waals surface area (Å²) in [4.78, 5) is 102. The molecule has 1 saturated heterocycles. The smallest absolute Gasteiger partial charge is 0.373 e. The number of esters is 1. The average molecular weight is 837 g/mol. The van der Waals surface area contributed by atoms with Crippen LogP contribution in [0.2, 0.25) is 0 Å². The Morgan fingerprint density at radius 1 is 1.04 bits per heavy atom. The van der Waals surface area contributed by atoms with Crippen LogP contribution in [0.15, 0.2) is 28.4 Å². The second kappa shape index (κ2) is 26.5. The Balaban J connectivity index is 0.000000876. The van der Waals surface area contributed by atoms with Crippen LogP contribution in [0.3, 0.4) is 0 Å². The molecule has 0 spiro atoms. The molecule has 3 rings (SSSR count). The average Bonchev–Trinajstić information content (AvgIpc) is 3.11. The number of fused-ring (bicyclic) bond motifs is 1. The molecule has 0 aliphatic carbocycles. The van der Waals surface area contributed by atoms with Gasteiger partial charge in [-0.3, -0.25) is 29.1 Å². The number of Topliss-reactive ketones (excluding diaryl/α,β-unsaturated/α-hetero) is 1. The number of hydrogen-bond donors (Lipinski definition) is 1. The molecule has 4 unspecified atom stereocenters. The first-order chi connectivity index (χ1) is 24.6. The maximum Gasteiger partial charge on any atom is 0.373 e. The van der Waals surface area contributed by atoms with Crippen molar-refractivity contribution in [1.82, 2.24) is 10.2 Å². The summed E-state index contributed by atoms with van der Waals surface area (Å²) in [6, 6.07) is -1.39. The second-order valence-electron chi connectivity index (χ2n) is 10.3. The molecule has 4 atom stereocenters. The van der Waals surface area contributed by atoms with Crippen molar-refractivity contribution in [2.24, 2.45) is 10.9 Å². The van der Waals surface area contributed by atoms with E-state index in [0.717, 1.165) is 25.3 Å². The van der Waals surface area contributed by atoms with Crippen molar-refractivity contribution < 1.29 is 63.2 Å². The number of amides is 2.